The number of rotatable bonds is 8. The average Bonchev–Trinajstić information content (AvgIpc) is 3.33. The molecule has 8 nitrogen and oxygen atoms in total. The number of nitrogens with one attached hydrogen (secondary N) is 2. The van der Waals surface area contributed by atoms with Crippen LogP contribution in [-0.2, 0) is 16.6 Å². The highest BCUT2D eigenvalue weighted by Gasteiger charge is 2.19. The fourth-order valence-corrected chi connectivity index (χ4v) is 4.37. The van der Waals surface area contributed by atoms with E-state index in [9.17, 15) is 13.2 Å². The molecule has 0 fully saturated rings. The first kappa shape index (κ1) is 24.2. The molecule has 0 radical (unpaired) electrons. The van der Waals surface area contributed by atoms with Gasteiger partial charge in [-0.25, -0.2) is 17.8 Å². The summed E-state index contributed by atoms with van der Waals surface area (Å²) in [6.07, 6.45) is 1.69. The largest absolute Gasteiger partial charge is 0.497 e. The third kappa shape index (κ3) is 5.42. The topological polar surface area (TPSA) is 102 Å². The summed E-state index contributed by atoms with van der Waals surface area (Å²) in [4.78, 5) is 13.4. The summed E-state index contributed by atoms with van der Waals surface area (Å²) < 4.78 is 33.5. The monoisotopic (exact) mass is 490 g/mol. The molecular formula is C26H26N4O4S. The molecule has 35 heavy (non-hydrogen) atoms. The maximum atomic E-state index is 13.3. The van der Waals surface area contributed by atoms with Crippen molar-refractivity contribution in [3.8, 4) is 22.7 Å². The van der Waals surface area contributed by atoms with Crippen LogP contribution in [-0.4, -0.2) is 38.3 Å². The Morgan fingerprint density at radius 3 is 2.49 bits per heavy atom. The zero-order chi connectivity index (χ0) is 25.0. The van der Waals surface area contributed by atoms with Crippen molar-refractivity contribution in [2.45, 2.75) is 18.4 Å². The Kier molecular flexibility index (Phi) is 6.99. The van der Waals surface area contributed by atoms with Gasteiger partial charge in [0.2, 0.25) is 10.0 Å². The molecule has 0 unspecified atom stereocenters. The summed E-state index contributed by atoms with van der Waals surface area (Å²) in [5.41, 5.74) is 4.23. The normalized spacial score (nSPS) is 11.3. The molecule has 0 aliphatic rings. The standard InChI is InChI=1S/C26H26N4O4S/c1-18-10-12-21(13-11-18)30-17-24(25(29-30)20-7-5-8-22(15-20)34-3)26(31)28-16-19-6-4-9-23(14-19)35(32,33)27-2/h4-15,17,27H,16H2,1-3H3,(H,28,31). The van der Waals surface area contributed by atoms with Crippen molar-refractivity contribution in [1.29, 1.82) is 0 Å². The summed E-state index contributed by atoms with van der Waals surface area (Å²) in [6.45, 7) is 2.16. The van der Waals surface area contributed by atoms with E-state index in [1.54, 1.807) is 30.1 Å². The van der Waals surface area contributed by atoms with Gasteiger partial charge in [-0.1, -0.05) is 42.0 Å². The molecule has 180 valence electrons. The minimum atomic E-state index is -3.58. The predicted octanol–water partition coefficient (Wildman–Crippen LogP) is 3.69. The zero-order valence-corrected chi connectivity index (χ0v) is 20.5. The Bertz CT molecular complexity index is 1460. The van der Waals surface area contributed by atoms with Crippen molar-refractivity contribution in [2.75, 3.05) is 14.2 Å². The quantitative estimate of drug-likeness (QED) is 0.392. The number of amides is 1. The molecule has 0 bridgehead atoms. The van der Waals surface area contributed by atoms with E-state index in [1.807, 2.05) is 55.5 Å². The molecule has 0 atom stereocenters. The van der Waals surface area contributed by atoms with E-state index in [-0.39, 0.29) is 17.3 Å². The molecule has 1 heterocycles. The minimum Gasteiger partial charge on any atom is -0.497 e. The van der Waals surface area contributed by atoms with Crippen LogP contribution in [0, 0.1) is 6.92 Å². The van der Waals surface area contributed by atoms with E-state index >= 15 is 0 Å². The van der Waals surface area contributed by atoms with Crippen molar-refractivity contribution in [3.63, 3.8) is 0 Å². The minimum absolute atomic E-state index is 0.135. The van der Waals surface area contributed by atoms with Gasteiger partial charge in [-0.05, 0) is 55.9 Å². The van der Waals surface area contributed by atoms with Crippen LogP contribution >= 0.6 is 0 Å². The maximum absolute atomic E-state index is 13.3. The third-order valence-corrected chi connectivity index (χ3v) is 6.94. The van der Waals surface area contributed by atoms with Crippen LogP contribution in [0.5, 0.6) is 5.75 Å². The lowest BCUT2D eigenvalue weighted by molar-refractivity contribution is 0.0951. The highest BCUT2D eigenvalue weighted by Crippen LogP contribution is 2.27. The van der Waals surface area contributed by atoms with Crippen molar-refractivity contribution >= 4 is 15.9 Å². The van der Waals surface area contributed by atoms with Gasteiger partial charge in [-0.3, -0.25) is 4.79 Å². The molecule has 4 rings (SSSR count). The van der Waals surface area contributed by atoms with Crippen molar-refractivity contribution in [3.05, 3.63) is 95.7 Å². The van der Waals surface area contributed by atoms with E-state index < -0.39 is 10.0 Å². The van der Waals surface area contributed by atoms with E-state index in [4.69, 9.17) is 9.84 Å². The van der Waals surface area contributed by atoms with Crippen LogP contribution in [0.4, 0.5) is 0 Å². The van der Waals surface area contributed by atoms with Gasteiger partial charge >= 0.3 is 0 Å². The van der Waals surface area contributed by atoms with Gasteiger partial charge in [0.25, 0.3) is 5.91 Å². The molecule has 1 aromatic heterocycles. The van der Waals surface area contributed by atoms with Crippen LogP contribution in [0.3, 0.4) is 0 Å². The van der Waals surface area contributed by atoms with Crippen molar-refractivity contribution in [1.82, 2.24) is 19.8 Å². The fourth-order valence-electron chi connectivity index (χ4n) is 3.57. The van der Waals surface area contributed by atoms with Crippen LogP contribution in [0.15, 0.2) is 83.9 Å². The van der Waals surface area contributed by atoms with Crippen LogP contribution in [0.2, 0.25) is 0 Å². The second-order valence-electron chi connectivity index (χ2n) is 7.94. The summed E-state index contributed by atoms with van der Waals surface area (Å²) in [5.74, 6) is 0.323. The highest BCUT2D eigenvalue weighted by atomic mass is 32.2. The molecule has 0 saturated carbocycles. The molecule has 0 aliphatic heterocycles. The van der Waals surface area contributed by atoms with E-state index in [0.29, 0.717) is 22.6 Å². The Labute approximate surface area is 204 Å². The van der Waals surface area contributed by atoms with Crippen LogP contribution in [0.1, 0.15) is 21.5 Å². The Morgan fingerprint density at radius 1 is 1.03 bits per heavy atom. The third-order valence-electron chi connectivity index (χ3n) is 5.53. The molecule has 0 saturated heterocycles. The molecule has 3 aromatic carbocycles. The zero-order valence-electron chi connectivity index (χ0n) is 19.6. The van der Waals surface area contributed by atoms with Gasteiger partial charge in [-0.2, -0.15) is 5.10 Å². The van der Waals surface area contributed by atoms with Gasteiger partial charge < -0.3 is 10.1 Å². The van der Waals surface area contributed by atoms with Crippen molar-refractivity contribution in [2.24, 2.45) is 0 Å². The number of carbonyl (C=O) groups excluding carboxylic acids is 1. The smallest absolute Gasteiger partial charge is 0.255 e. The second-order valence-corrected chi connectivity index (χ2v) is 9.83. The first-order chi connectivity index (χ1) is 16.8. The molecule has 4 aromatic rings. The van der Waals surface area contributed by atoms with E-state index in [0.717, 1.165) is 16.8 Å². The number of nitrogens with zero attached hydrogens (tertiary/aromatic N) is 2. The lowest BCUT2D eigenvalue weighted by atomic mass is 10.1. The number of methoxy groups -OCH3 is 1. The average molecular weight is 491 g/mol. The second kappa shape index (κ2) is 10.1. The maximum Gasteiger partial charge on any atom is 0.255 e. The molecule has 9 heteroatoms. The molecule has 0 aliphatic carbocycles. The summed E-state index contributed by atoms with van der Waals surface area (Å²) >= 11 is 0. The van der Waals surface area contributed by atoms with E-state index in [1.165, 1.54) is 19.2 Å². The van der Waals surface area contributed by atoms with Gasteiger partial charge in [0.15, 0.2) is 0 Å². The lowest BCUT2D eigenvalue weighted by Crippen LogP contribution is -2.23. The predicted molar refractivity (Wildman–Crippen MR) is 134 cm³/mol. The number of carbonyl (C=O) groups is 1. The van der Waals surface area contributed by atoms with Crippen LogP contribution < -0.4 is 14.8 Å². The Balaban J connectivity index is 1.66. The number of ether oxygens (including phenoxy) is 1. The van der Waals surface area contributed by atoms with Gasteiger partial charge in [0.05, 0.1) is 23.3 Å². The van der Waals surface area contributed by atoms with Gasteiger partial charge in [-0.15, -0.1) is 0 Å². The van der Waals surface area contributed by atoms with Crippen LogP contribution in [0.25, 0.3) is 16.9 Å². The number of hydrogen-bond donors (Lipinski definition) is 2. The summed E-state index contributed by atoms with van der Waals surface area (Å²) in [7, 11) is -0.639. The molecule has 0 spiro atoms. The number of benzene rings is 3. The molecular weight excluding hydrogens is 464 g/mol. The Morgan fingerprint density at radius 2 is 1.77 bits per heavy atom. The summed E-state index contributed by atoms with van der Waals surface area (Å²) in [6, 6.07) is 21.6. The number of aryl methyl sites for hydroxylation is 1. The first-order valence-electron chi connectivity index (χ1n) is 10.9. The SMILES string of the molecule is CNS(=O)(=O)c1cccc(CNC(=O)c2cn(-c3ccc(C)cc3)nc2-c2cccc(OC)c2)c1. The lowest BCUT2D eigenvalue weighted by Gasteiger charge is -2.08. The molecule has 1 amide bonds. The number of hydrogen-bond acceptors (Lipinski definition) is 5. The van der Waals surface area contributed by atoms with Gasteiger partial charge in [0.1, 0.15) is 11.4 Å². The number of sulfonamides is 1. The highest BCUT2D eigenvalue weighted by molar-refractivity contribution is 7.89. The van der Waals surface area contributed by atoms with Gasteiger partial charge in [0, 0.05) is 18.3 Å². The number of aromatic nitrogens is 2. The fraction of sp³-hybridized carbons (Fsp3) is 0.154. The first-order valence-corrected chi connectivity index (χ1v) is 12.4. The van der Waals surface area contributed by atoms with Crippen molar-refractivity contribution < 1.29 is 17.9 Å². The summed E-state index contributed by atoms with van der Waals surface area (Å²) in [5, 5.41) is 7.59. The molecule has 2 N–H and O–H groups in total. The Hall–Kier alpha value is -3.95. The van der Waals surface area contributed by atoms with E-state index in [2.05, 4.69) is 10.0 Å².